The van der Waals surface area contributed by atoms with Crippen molar-refractivity contribution >= 4 is 10.0 Å². The summed E-state index contributed by atoms with van der Waals surface area (Å²) in [6.07, 6.45) is 7.44. The fourth-order valence-electron chi connectivity index (χ4n) is 3.76. The van der Waals surface area contributed by atoms with E-state index in [4.69, 9.17) is 4.74 Å². The van der Waals surface area contributed by atoms with Gasteiger partial charge in [0.25, 0.3) is 0 Å². The van der Waals surface area contributed by atoms with Gasteiger partial charge in [0.05, 0.1) is 25.0 Å². The van der Waals surface area contributed by atoms with Gasteiger partial charge in [-0.2, -0.15) is 5.10 Å². The molecule has 1 aliphatic carbocycles. The molecular weight excluding hydrogens is 362 g/mol. The number of sulfonamides is 1. The third-order valence-electron chi connectivity index (χ3n) is 5.26. The largest absolute Gasteiger partial charge is 0.376 e. The van der Waals surface area contributed by atoms with Crippen molar-refractivity contribution in [3.8, 4) is 0 Å². The van der Waals surface area contributed by atoms with Crippen LogP contribution in [0.1, 0.15) is 48.9 Å². The maximum Gasteiger partial charge on any atom is 0.208 e. The molecule has 6 nitrogen and oxygen atoms in total. The summed E-state index contributed by atoms with van der Waals surface area (Å²) in [5, 5.41) is 4.33. The van der Waals surface area contributed by atoms with E-state index in [0.717, 1.165) is 31.4 Å². The highest BCUT2D eigenvalue weighted by Crippen LogP contribution is 2.34. The Bertz CT molecular complexity index is 812. The molecule has 1 aromatic heterocycles. The first-order valence-corrected chi connectivity index (χ1v) is 11.4. The van der Waals surface area contributed by atoms with Crippen molar-refractivity contribution in [2.24, 2.45) is 0 Å². The Labute approximate surface area is 162 Å². The molecule has 7 heteroatoms. The number of ether oxygens (including phenoxy) is 1. The van der Waals surface area contributed by atoms with E-state index < -0.39 is 10.0 Å². The molecule has 0 bridgehead atoms. The number of hydrogen-bond donors (Lipinski definition) is 1. The van der Waals surface area contributed by atoms with Gasteiger partial charge in [-0.25, -0.2) is 13.1 Å². The lowest BCUT2D eigenvalue weighted by molar-refractivity contribution is 0.00578. The first kappa shape index (κ1) is 20.0. The van der Waals surface area contributed by atoms with Crippen LogP contribution in [0.3, 0.4) is 0 Å². The summed E-state index contributed by atoms with van der Waals surface area (Å²) in [6.45, 7) is 2.69. The van der Waals surface area contributed by atoms with Gasteiger partial charge >= 0.3 is 0 Å². The van der Waals surface area contributed by atoms with E-state index in [1.54, 1.807) is 6.20 Å². The number of benzene rings is 1. The number of hydrogen-bond acceptors (Lipinski definition) is 4. The van der Waals surface area contributed by atoms with Gasteiger partial charge in [0.1, 0.15) is 0 Å². The van der Waals surface area contributed by atoms with Crippen molar-refractivity contribution < 1.29 is 13.2 Å². The Morgan fingerprint density at radius 3 is 2.48 bits per heavy atom. The Kier molecular flexibility index (Phi) is 6.68. The summed E-state index contributed by atoms with van der Waals surface area (Å²) in [4.78, 5) is 0. The molecule has 0 saturated heterocycles. The van der Waals surface area contributed by atoms with Gasteiger partial charge in [-0.15, -0.1) is 0 Å². The van der Waals surface area contributed by atoms with Gasteiger partial charge in [0, 0.05) is 18.4 Å². The highest BCUT2D eigenvalue weighted by Gasteiger charge is 2.24. The van der Waals surface area contributed by atoms with Crippen LogP contribution in [0.2, 0.25) is 0 Å². The Morgan fingerprint density at radius 1 is 1.19 bits per heavy atom. The average Bonchev–Trinajstić information content (AvgIpc) is 3.08. The fraction of sp³-hybridized carbons (Fsp3) is 0.550. The van der Waals surface area contributed by atoms with Crippen LogP contribution < -0.4 is 4.72 Å². The molecule has 1 N–H and O–H groups in total. The highest BCUT2D eigenvalue weighted by atomic mass is 32.2. The van der Waals surface area contributed by atoms with Crippen LogP contribution in [-0.4, -0.2) is 43.7 Å². The van der Waals surface area contributed by atoms with Gasteiger partial charge in [-0.05, 0) is 50.2 Å². The first-order chi connectivity index (χ1) is 12.9. The van der Waals surface area contributed by atoms with E-state index in [9.17, 15) is 8.42 Å². The van der Waals surface area contributed by atoms with Gasteiger partial charge in [0.15, 0.2) is 0 Å². The Morgan fingerprint density at radius 2 is 1.89 bits per heavy atom. The predicted molar refractivity (Wildman–Crippen MR) is 106 cm³/mol. The lowest BCUT2D eigenvalue weighted by Gasteiger charge is -2.30. The molecule has 148 valence electrons. The normalized spacial score (nSPS) is 21.9. The SMILES string of the molecule is Cc1ccnn1C(CNS(C)(=O)=O)COC1CCC(c2ccccc2)CC1. The molecule has 2 aromatic rings. The van der Waals surface area contributed by atoms with Gasteiger partial charge in [0.2, 0.25) is 10.0 Å². The molecule has 0 radical (unpaired) electrons. The summed E-state index contributed by atoms with van der Waals surface area (Å²) in [6, 6.07) is 12.4. The number of aryl methyl sites for hydroxylation is 1. The van der Waals surface area contributed by atoms with Crippen molar-refractivity contribution in [3.05, 3.63) is 53.9 Å². The summed E-state index contributed by atoms with van der Waals surface area (Å²) >= 11 is 0. The third kappa shape index (κ3) is 5.89. The van der Waals surface area contributed by atoms with Crippen molar-refractivity contribution in [2.45, 2.75) is 50.7 Å². The van der Waals surface area contributed by atoms with E-state index in [0.29, 0.717) is 12.5 Å². The second-order valence-corrected chi connectivity index (χ2v) is 9.24. The number of aromatic nitrogens is 2. The lowest BCUT2D eigenvalue weighted by Crippen LogP contribution is -2.34. The van der Waals surface area contributed by atoms with Crippen LogP contribution in [0.5, 0.6) is 0 Å². The molecule has 1 saturated carbocycles. The Hall–Kier alpha value is -1.70. The predicted octanol–water partition coefficient (Wildman–Crippen LogP) is 3.02. The standard InChI is InChI=1S/C20H29N3O3S/c1-16-12-13-21-23(16)19(14-22-27(2,24)25)15-26-20-10-8-18(9-11-20)17-6-4-3-5-7-17/h3-7,12-13,18-20,22H,8-11,14-15H2,1-2H3. The number of nitrogens with zero attached hydrogens (tertiary/aromatic N) is 2. The molecule has 1 atom stereocenters. The van der Waals surface area contributed by atoms with E-state index >= 15 is 0 Å². The van der Waals surface area contributed by atoms with Crippen LogP contribution in [0.15, 0.2) is 42.6 Å². The van der Waals surface area contributed by atoms with Crippen LogP contribution in [0.25, 0.3) is 0 Å². The maximum atomic E-state index is 11.5. The van der Waals surface area contributed by atoms with E-state index in [1.165, 1.54) is 11.8 Å². The van der Waals surface area contributed by atoms with Crippen LogP contribution in [0.4, 0.5) is 0 Å². The number of rotatable bonds is 8. The Balaban J connectivity index is 1.54. The van der Waals surface area contributed by atoms with Crippen LogP contribution in [0, 0.1) is 6.92 Å². The quantitative estimate of drug-likeness (QED) is 0.751. The van der Waals surface area contributed by atoms with E-state index in [1.807, 2.05) is 17.7 Å². The molecule has 1 aliphatic rings. The maximum absolute atomic E-state index is 11.5. The van der Waals surface area contributed by atoms with Gasteiger partial charge in [-0.1, -0.05) is 30.3 Å². The number of nitrogens with one attached hydrogen (secondary N) is 1. The molecule has 0 spiro atoms. The van der Waals surface area contributed by atoms with Gasteiger partial charge in [-0.3, -0.25) is 4.68 Å². The van der Waals surface area contributed by atoms with Gasteiger partial charge < -0.3 is 4.74 Å². The van der Waals surface area contributed by atoms with Crippen molar-refractivity contribution in [1.82, 2.24) is 14.5 Å². The highest BCUT2D eigenvalue weighted by molar-refractivity contribution is 7.88. The molecule has 3 rings (SSSR count). The van der Waals surface area contributed by atoms with Crippen molar-refractivity contribution in [2.75, 3.05) is 19.4 Å². The molecule has 0 amide bonds. The zero-order chi connectivity index (χ0) is 19.3. The molecule has 1 fully saturated rings. The smallest absolute Gasteiger partial charge is 0.208 e. The summed E-state index contributed by atoms with van der Waals surface area (Å²) < 4.78 is 33.6. The minimum absolute atomic E-state index is 0.151. The minimum atomic E-state index is -3.25. The van der Waals surface area contributed by atoms with Crippen LogP contribution >= 0.6 is 0 Å². The summed E-state index contributed by atoms with van der Waals surface area (Å²) in [7, 11) is -3.25. The molecule has 1 unspecified atom stereocenters. The second-order valence-electron chi connectivity index (χ2n) is 7.41. The minimum Gasteiger partial charge on any atom is -0.376 e. The van der Waals surface area contributed by atoms with Crippen molar-refractivity contribution in [3.63, 3.8) is 0 Å². The third-order valence-corrected chi connectivity index (χ3v) is 5.96. The summed E-state index contributed by atoms with van der Waals surface area (Å²) in [5.74, 6) is 0.613. The van der Waals surface area contributed by atoms with Crippen molar-refractivity contribution in [1.29, 1.82) is 0 Å². The van der Waals surface area contributed by atoms with E-state index in [2.05, 4.69) is 40.2 Å². The zero-order valence-corrected chi connectivity index (χ0v) is 16.9. The fourth-order valence-corrected chi connectivity index (χ4v) is 4.26. The average molecular weight is 392 g/mol. The summed E-state index contributed by atoms with van der Waals surface area (Å²) in [5.41, 5.74) is 2.41. The monoisotopic (exact) mass is 391 g/mol. The first-order valence-electron chi connectivity index (χ1n) is 9.53. The topological polar surface area (TPSA) is 73.2 Å². The molecule has 1 heterocycles. The molecule has 0 aliphatic heterocycles. The molecule has 27 heavy (non-hydrogen) atoms. The van der Waals surface area contributed by atoms with Crippen LogP contribution in [-0.2, 0) is 14.8 Å². The van der Waals surface area contributed by atoms with E-state index in [-0.39, 0.29) is 18.7 Å². The molecule has 1 aromatic carbocycles. The lowest BCUT2D eigenvalue weighted by atomic mass is 9.83. The zero-order valence-electron chi connectivity index (χ0n) is 16.0. The second kappa shape index (κ2) is 8.99. The molecular formula is C20H29N3O3S.